The van der Waals surface area contributed by atoms with Crippen molar-refractivity contribution < 1.29 is 19.1 Å². The molecule has 0 aliphatic carbocycles. The Morgan fingerprint density at radius 2 is 1.95 bits per heavy atom. The Bertz CT molecular complexity index is 596. The van der Waals surface area contributed by atoms with E-state index in [0.29, 0.717) is 24.1 Å². The number of carbonyl (C=O) groups is 3. The Hall–Kier alpha value is -2.17. The van der Waals surface area contributed by atoms with Gasteiger partial charge in [-0.25, -0.2) is 0 Å². The van der Waals surface area contributed by atoms with Gasteiger partial charge in [-0.3, -0.25) is 19.3 Å². The standard InChI is InChI=1S/C16H19NO4/c1-4-9-17-14(19)11-7-5-6-8-12(11)16(2,15(17)20)10-13(18)21-3/h5-8H,4,9-10H2,1-3H3. The average Bonchev–Trinajstić information content (AvgIpc) is 2.49. The van der Waals surface area contributed by atoms with Crippen LogP contribution < -0.4 is 0 Å². The van der Waals surface area contributed by atoms with Crippen LogP contribution in [0.15, 0.2) is 24.3 Å². The van der Waals surface area contributed by atoms with Gasteiger partial charge in [0.05, 0.1) is 18.9 Å². The number of carbonyl (C=O) groups excluding carboxylic acids is 3. The van der Waals surface area contributed by atoms with Gasteiger partial charge < -0.3 is 4.74 Å². The second kappa shape index (κ2) is 5.68. The normalized spacial score (nSPS) is 21.2. The maximum atomic E-state index is 12.8. The fourth-order valence-corrected chi connectivity index (χ4v) is 2.76. The van der Waals surface area contributed by atoms with E-state index in [9.17, 15) is 14.4 Å². The third-order valence-corrected chi connectivity index (χ3v) is 3.89. The molecule has 2 rings (SSSR count). The van der Waals surface area contributed by atoms with Crippen molar-refractivity contribution in [2.75, 3.05) is 13.7 Å². The number of hydrogen-bond acceptors (Lipinski definition) is 4. The highest BCUT2D eigenvalue weighted by molar-refractivity contribution is 6.13. The van der Waals surface area contributed by atoms with Crippen molar-refractivity contribution in [3.8, 4) is 0 Å². The largest absolute Gasteiger partial charge is 0.469 e. The van der Waals surface area contributed by atoms with Gasteiger partial charge in [0.1, 0.15) is 0 Å². The van der Waals surface area contributed by atoms with Crippen molar-refractivity contribution in [3.63, 3.8) is 0 Å². The SMILES string of the molecule is CCCN1C(=O)c2ccccc2C(C)(CC(=O)OC)C1=O. The van der Waals surface area contributed by atoms with Gasteiger partial charge in [0, 0.05) is 12.1 Å². The van der Waals surface area contributed by atoms with Crippen molar-refractivity contribution in [2.45, 2.75) is 32.1 Å². The van der Waals surface area contributed by atoms with Crippen LogP contribution in [-0.4, -0.2) is 36.3 Å². The molecule has 0 aromatic heterocycles. The predicted octanol–water partition coefficient (Wildman–Crippen LogP) is 1.90. The first-order chi connectivity index (χ1) is 9.95. The number of rotatable bonds is 4. The highest BCUT2D eigenvalue weighted by Crippen LogP contribution is 2.37. The molecule has 0 spiro atoms. The highest BCUT2D eigenvalue weighted by atomic mass is 16.5. The number of fused-ring (bicyclic) bond motifs is 1. The summed E-state index contributed by atoms with van der Waals surface area (Å²) in [7, 11) is 1.29. The van der Waals surface area contributed by atoms with E-state index in [-0.39, 0.29) is 18.2 Å². The number of hydrogen-bond donors (Lipinski definition) is 0. The van der Waals surface area contributed by atoms with E-state index in [1.807, 2.05) is 6.92 Å². The van der Waals surface area contributed by atoms with Gasteiger partial charge >= 0.3 is 5.97 Å². The summed E-state index contributed by atoms with van der Waals surface area (Å²) in [5.41, 5.74) is 0.0157. The lowest BCUT2D eigenvalue weighted by Crippen LogP contribution is -2.54. The van der Waals surface area contributed by atoms with E-state index in [2.05, 4.69) is 0 Å². The lowest BCUT2D eigenvalue weighted by atomic mass is 9.73. The van der Waals surface area contributed by atoms with Gasteiger partial charge in [-0.05, 0) is 25.0 Å². The summed E-state index contributed by atoms with van der Waals surface area (Å²) in [4.78, 5) is 38.2. The first-order valence-electron chi connectivity index (χ1n) is 6.98. The van der Waals surface area contributed by atoms with Gasteiger partial charge in [0.25, 0.3) is 5.91 Å². The number of amides is 2. The lowest BCUT2D eigenvalue weighted by Gasteiger charge is -2.39. The molecule has 0 N–H and O–H groups in total. The van der Waals surface area contributed by atoms with Gasteiger partial charge in [0.15, 0.2) is 0 Å². The zero-order valence-corrected chi connectivity index (χ0v) is 12.5. The van der Waals surface area contributed by atoms with Crippen LogP contribution in [-0.2, 0) is 19.7 Å². The van der Waals surface area contributed by atoms with E-state index in [0.717, 1.165) is 0 Å². The maximum Gasteiger partial charge on any atom is 0.306 e. The molecule has 2 amide bonds. The summed E-state index contributed by atoms with van der Waals surface area (Å²) in [6.07, 6.45) is 0.598. The van der Waals surface area contributed by atoms with Crippen molar-refractivity contribution in [1.29, 1.82) is 0 Å². The molecule has 5 nitrogen and oxygen atoms in total. The number of methoxy groups -OCH3 is 1. The van der Waals surface area contributed by atoms with E-state index >= 15 is 0 Å². The quantitative estimate of drug-likeness (QED) is 0.627. The first kappa shape index (κ1) is 15.2. The molecule has 0 radical (unpaired) electrons. The molecule has 0 saturated heterocycles. The van der Waals surface area contributed by atoms with Crippen LogP contribution in [0.5, 0.6) is 0 Å². The van der Waals surface area contributed by atoms with Crippen molar-refractivity contribution >= 4 is 17.8 Å². The van der Waals surface area contributed by atoms with Gasteiger partial charge in [-0.2, -0.15) is 0 Å². The van der Waals surface area contributed by atoms with Gasteiger partial charge in [0.2, 0.25) is 5.91 Å². The number of imide groups is 1. The molecule has 0 bridgehead atoms. The summed E-state index contributed by atoms with van der Waals surface area (Å²) in [6, 6.07) is 6.96. The van der Waals surface area contributed by atoms with Crippen LogP contribution in [0.2, 0.25) is 0 Å². The molecule has 112 valence electrons. The van der Waals surface area contributed by atoms with Gasteiger partial charge in [-0.15, -0.1) is 0 Å². The minimum absolute atomic E-state index is 0.0765. The highest BCUT2D eigenvalue weighted by Gasteiger charge is 2.48. The Labute approximate surface area is 123 Å². The number of ether oxygens (including phenoxy) is 1. The molecule has 1 unspecified atom stereocenters. The predicted molar refractivity (Wildman–Crippen MR) is 76.8 cm³/mol. The van der Waals surface area contributed by atoms with Crippen molar-refractivity contribution in [2.24, 2.45) is 0 Å². The third-order valence-electron chi connectivity index (χ3n) is 3.89. The number of benzene rings is 1. The molecule has 1 aliphatic heterocycles. The third kappa shape index (κ3) is 2.44. The van der Waals surface area contributed by atoms with Crippen LogP contribution >= 0.6 is 0 Å². The van der Waals surface area contributed by atoms with E-state index < -0.39 is 11.4 Å². The van der Waals surface area contributed by atoms with Crippen molar-refractivity contribution in [1.82, 2.24) is 4.90 Å². The van der Waals surface area contributed by atoms with E-state index in [4.69, 9.17) is 4.74 Å². The van der Waals surface area contributed by atoms with Crippen LogP contribution in [0, 0.1) is 0 Å². The van der Waals surface area contributed by atoms with E-state index in [1.54, 1.807) is 31.2 Å². The monoisotopic (exact) mass is 289 g/mol. The van der Waals surface area contributed by atoms with Crippen LogP contribution in [0.4, 0.5) is 0 Å². The Morgan fingerprint density at radius 3 is 2.57 bits per heavy atom. The molecule has 1 aliphatic rings. The second-order valence-corrected chi connectivity index (χ2v) is 5.39. The molecule has 5 heteroatoms. The maximum absolute atomic E-state index is 12.8. The Balaban J connectivity index is 2.57. The fourth-order valence-electron chi connectivity index (χ4n) is 2.76. The van der Waals surface area contributed by atoms with Gasteiger partial charge in [-0.1, -0.05) is 25.1 Å². The molecule has 1 aromatic rings. The minimum atomic E-state index is -1.06. The Morgan fingerprint density at radius 1 is 1.29 bits per heavy atom. The fraction of sp³-hybridized carbons (Fsp3) is 0.438. The molecule has 1 heterocycles. The van der Waals surface area contributed by atoms with Crippen molar-refractivity contribution in [3.05, 3.63) is 35.4 Å². The minimum Gasteiger partial charge on any atom is -0.469 e. The number of nitrogens with zero attached hydrogens (tertiary/aromatic N) is 1. The smallest absolute Gasteiger partial charge is 0.306 e. The number of esters is 1. The summed E-state index contributed by atoms with van der Waals surface area (Å²) < 4.78 is 4.71. The molecule has 21 heavy (non-hydrogen) atoms. The zero-order chi connectivity index (χ0) is 15.6. The average molecular weight is 289 g/mol. The van der Waals surface area contributed by atoms with Crippen LogP contribution in [0.1, 0.15) is 42.6 Å². The molecule has 0 fully saturated rings. The molecule has 1 aromatic carbocycles. The molecule has 1 atom stereocenters. The topological polar surface area (TPSA) is 63.7 Å². The van der Waals surface area contributed by atoms with Crippen LogP contribution in [0.25, 0.3) is 0 Å². The second-order valence-electron chi connectivity index (χ2n) is 5.39. The Kier molecular flexibility index (Phi) is 4.11. The summed E-state index contributed by atoms with van der Waals surface area (Å²) in [5, 5.41) is 0. The first-order valence-corrected chi connectivity index (χ1v) is 6.98. The molecule has 0 saturated carbocycles. The van der Waals surface area contributed by atoms with Crippen LogP contribution in [0.3, 0.4) is 0 Å². The zero-order valence-electron chi connectivity index (χ0n) is 12.5. The molecular formula is C16H19NO4. The van der Waals surface area contributed by atoms with E-state index in [1.165, 1.54) is 12.0 Å². The lowest BCUT2D eigenvalue weighted by molar-refractivity contribution is -0.147. The molecular weight excluding hydrogens is 270 g/mol. The summed E-state index contributed by atoms with van der Waals surface area (Å²) in [5.74, 6) is -1.09. The summed E-state index contributed by atoms with van der Waals surface area (Å²) in [6.45, 7) is 3.95. The summed E-state index contributed by atoms with van der Waals surface area (Å²) >= 11 is 0.